The monoisotopic (exact) mass is 472 g/mol. The second-order valence-corrected chi connectivity index (χ2v) is 8.95. The smallest absolute Gasteiger partial charge is 0.159 e. The highest BCUT2D eigenvalue weighted by Gasteiger charge is 2.08. The minimum Gasteiger partial charge on any atom is -0.379 e. The molecule has 0 saturated heterocycles. The van der Waals surface area contributed by atoms with Gasteiger partial charge >= 0.3 is 0 Å². The maximum Gasteiger partial charge on any atom is 0.159 e. The van der Waals surface area contributed by atoms with Gasteiger partial charge in [-0.15, -0.1) is 6.58 Å². The van der Waals surface area contributed by atoms with Gasteiger partial charge in [-0.25, -0.2) is 14.4 Å². The van der Waals surface area contributed by atoms with E-state index in [0.717, 1.165) is 49.8 Å². The number of halogens is 1. The predicted molar refractivity (Wildman–Crippen MR) is 145 cm³/mol. The van der Waals surface area contributed by atoms with E-state index in [0.29, 0.717) is 23.1 Å². The van der Waals surface area contributed by atoms with Crippen LogP contribution < -0.4 is 0 Å². The first-order valence-electron chi connectivity index (χ1n) is 12.7. The molecule has 1 aromatic heterocycles. The maximum atomic E-state index is 14.8. The Balaban J connectivity index is 1.51. The summed E-state index contributed by atoms with van der Waals surface area (Å²) in [7, 11) is 0. The van der Waals surface area contributed by atoms with E-state index >= 15 is 0 Å². The van der Waals surface area contributed by atoms with Crippen molar-refractivity contribution in [1.82, 2.24) is 9.97 Å². The van der Waals surface area contributed by atoms with E-state index in [1.54, 1.807) is 24.5 Å². The topological polar surface area (TPSA) is 35.0 Å². The first-order valence-corrected chi connectivity index (χ1v) is 12.7. The molecule has 1 unspecified atom stereocenters. The molecule has 0 aliphatic heterocycles. The van der Waals surface area contributed by atoms with Gasteiger partial charge in [0.2, 0.25) is 0 Å². The maximum absolute atomic E-state index is 14.8. The molecule has 184 valence electrons. The molecular weight excluding hydrogens is 435 g/mol. The molecule has 35 heavy (non-hydrogen) atoms. The predicted octanol–water partition coefficient (Wildman–Crippen LogP) is 8.46. The second kappa shape index (κ2) is 14.3. The van der Waals surface area contributed by atoms with Crippen molar-refractivity contribution in [2.75, 3.05) is 6.61 Å². The molecule has 0 bridgehead atoms. The summed E-state index contributed by atoms with van der Waals surface area (Å²) in [4.78, 5) is 8.91. The standard InChI is InChI=1S/C31H37FN2O/c1-4-6-10-20-35-24(3)12-8-7-9-13-26-16-19-29(30(32)21-26)28-22-33-31(34-23-28)27-17-14-25(11-5-2)15-18-27/h5,9,13-19,21-24H,2,4,6-8,10-12,20H2,1,3H3. The van der Waals surface area contributed by atoms with Gasteiger partial charge in [0, 0.05) is 35.7 Å². The number of hydrogen-bond donors (Lipinski definition) is 0. The van der Waals surface area contributed by atoms with Crippen LogP contribution in [0.4, 0.5) is 4.39 Å². The van der Waals surface area contributed by atoms with Gasteiger partial charge in [0.15, 0.2) is 5.82 Å². The zero-order valence-corrected chi connectivity index (χ0v) is 21.1. The fourth-order valence-electron chi connectivity index (χ4n) is 3.90. The quantitative estimate of drug-likeness (QED) is 0.174. The molecule has 2 aromatic carbocycles. The van der Waals surface area contributed by atoms with E-state index in [9.17, 15) is 4.39 Å². The Labute approximate surface area is 209 Å². The van der Waals surface area contributed by atoms with Crippen LogP contribution in [-0.4, -0.2) is 22.7 Å². The molecule has 3 aromatic rings. The number of ether oxygens (including phenoxy) is 1. The number of benzene rings is 2. The average molecular weight is 473 g/mol. The van der Waals surface area contributed by atoms with Crippen molar-refractivity contribution in [3.63, 3.8) is 0 Å². The van der Waals surface area contributed by atoms with Gasteiger partial charge in [0.25, 0.3) is 0 Å². The molecule has 0 radical (unpaired) electrons. The van der Waals surface area contributed by atoms with Gasteiger partial charge in [-0.2, -0.15) is 0 Å². The Morgan fingerprint density at radius 2 is 1.77 bits per heavy atom. The highest BCUT2D eigenvalue weighted by atomic mass is 19.1. The number of nitrogens with zero attached hydrogens (tertiary/aromatic N) is 2. The average Bonchev–Trinajstić information content (AvgIpc) is 2.87. The molecule has 0 fully saturated rings. The number of aromatic nitrogens is 2. The number of allylic oxidation sites excluding steroid dienone is 2. The second-order valence-electron chi connectivity index (χ2n) is 8.95. The third kappa shape index (κ3) is 8.56. The Morgan fingerprint density at radius 1 is 1.00 bits per heavy atom. The van der Waals surface area contributed by atoms with Gasteiger partial charge in [0.1, 0.15) is 5.82 Å². The van der Waals surface area contributed by atoms with E-state index in [-0.39, 0.29) is 5.82 Å². The van der Waals surface area contributed by atoms with Crippen LogP contribution in [0.5, 0.6) is 0 Å². The lowest BCUT2D eigenvalue weighted by molar-refractivity contribution is 0.0566. The van der Waals surface area contributed by atoms with Crippen molar-refractivity contribution in [3.05, 3.63) is 90.5 Å². The summed E-state index contributed by atoms with van der Waals surface area (Å²) in [5, 5.41) is 0. The summed E-state index contributed by atoms with van der Waals surface area (Å²) < 4.78 is 20.7. The van der Waals surface area contributed by atoms with Crippen molar-refractivity contribution >= 4 is 6.08 Å². The molecule has 3 rings (SSSR count). The van der Waals surface area contributed by atoms with Gasteiger partial charge < -0.3 is 4.74 Å². The lowest BCUT2D eigenvalue weighted by atomic mass is 10.0. The van der Waals surface area contributed by atoms with Crippen molar-refractivity contribution < 1.29 is 9.13 Å². The molecule has 0 saturated carbocycles. The minimum absolute atomic E-state index is 0.272. The van der Waals surface area contributed by atoms with E-state index in [1.807, 2.05) is 42.5 Å². The summed E-state index contributed by atoms with van der Waals surface area (Å²) in [5.41, 5.74) is 4.15. The Kier molecular flexibility index (Phi) is 10.8. The van der Waals surface area contributed by atoms with Crippen LogP contribution >= 0.6 is 0 Å². The Morgan fingerprint density at radius 3 is 2.46 bits per heavy atom. The SMILES string of the molecule is C=CCc1ccc(-c2ncc(-c3ccc(C=CCCCC(C)OCCCCC)cc3F)cn2)cc1. The van der Waals surface area contributed by atoms with Crippen LogP contribution in [0, 0.1) is 5.82 Å². The number of unbranched alkanes of at least 4 members (excludes halogenated alkanes) is 3. The fraction of sp³-hybridized carbons (Fsp3) is 0.355. The van der Waals surface area contributed by atoms with Crippen molar-refractivity contribution in [2.24, 2.45) is 0 Å². The first kappa shape index (κ1) is 26.5. The Bertz CT molecular complexity index is 1070. The molecule has 1 heterocycles. The van der Waals surface area contributed by atoms with E-state index in [4.69, 9.17) is 4.74 Å². The molecule has 0 spiro atoms. The third-order valence-electron chi connectivity index (χ3n) is 5.99. The summed E-state index contributed by atoms with van der Waals surface area (Å²) in [6, 6.07) is 13.4. The molecule has 3 nitrogen and oxygen atoms in total. The summed E-state index contributed by atoms with van der Waals surface area (Å²) in [5.74, 6) is 0.353. The number of rotatable bonds is 14. The van der Waals surface area contributed by atoms with E-state index < -0.39 is 0 Å². The van der Waals surface area contributed by atoms with Crippen LogP contribution in [0.2, 0.25) is 0 Å². The van der Waals surface area contributed by atoms with Gasteiger partial charge in [-0.3, -0.25) is 0 Å². The largest absolute Gasteiger partial charge is 0.379 e. The van der Waals surface area contributed by atoms with Crippen LogP contribution in [0.1, 0.15) is 63.5 Å². The summed E-state index contributed by atoms with van der Waals surface area (Å²) in [6.45, 7) is 8.96. The van der Waals surface area contributed by atoms with Crippen LogP contribution in [0.25, 0.3) is 28.6 Å². The van der Waals surface area contributed by atoms with E-state index in [2.05, 4.69) is 36.5 Å². The molecule has 1 atom stereocenters. The van der Waals surface area contributed by atoms with Crippen LogP contribution in [0.3, 0.4) is 0 Å². The highest BCUT2D eigenvalue weighted by molar-refractivity contribution is 5.66. The number of hydrogen-bond acceptors (Lipinski definition) is 3. The first-order chi connectivity index (χ1) is 17.1. The Hall–Kier alpha value is -3.11. The third-order valence-corrected chi connectivity index (χ3v) is 5.99. The van der Waals surface area contributed by atoms with Crippen LogP contribution in [-0.2, 0) is 11.2 Å². The summed E-state index contributed by atoms with van der Waals surface area (Å²) >= 11 is 0. The van der Waals surface area contributed by atoms with Gasteiger partial charge in [-0.05, 0) is 56.2 Å². The fourth-order valence-corrected chi connectivity index (χ4v) is 3.90. The van der Waals surface area contributed by atoms with Crippen molar-refractivity contribution in [1.29, 1.82) is 0 Å². The zero-order chi connectivity index (χ0) is 24.9. The lowest BCUT2D eigenvalue weighted by Crippen LogP contribution is -2.08. The molecule has 0 amide bonds. The van der Waals surface area contributed by atoms with Gasteiger partial charge in [0.05, 0.1) is 6.10 Å². The molecule has 4 heteroatoms. The van der Waals surface area contributed by atoms with Crippen molar-refractivity contribution in [3.8, 4) is 22.5 Å². The van der Waals surface area contributed by atoms with E-state index in [1.165, 1.54) is 18.4 Å². The highest BCUT2D eigenvalue weighted by Crippen LogP contribution is 2.25. The van der Waals surface area contributed by atoms with Crippen molar-refractivity contribution in [2.45, 2.75) is 64.9 Å². The van der Waals surface area contributed by atoms with Crippen LogP contribution in [0.15, 0.2) is 73.6 Å². The molecular formula is C31H37FN2O. The normalized spacial score (nSPS) is 12.2. The summed E-state index contributed by atoms with van der Waals surface area (Å²) in [6.07, 6.45) is 17.1. The minimum atomic E-state index is -0.272. The zero-order valence-electron chi connectivity index (χ0n) is 21.1. The molecule has 0 N–H and O–H groups in total. The lowest BCUT2D eigenvalue weighted by Gasteiger charge is -2.12. The van der Waals surface area contributed by atoms with Gasteiger partial charge in [-0.1, -0.05) is 74.4 Å². The molecule has 0 aliphatic carbocycles. The molecule has 0 aliphatic rings.